The summed E-state index contributed by atoms with van der Waals surface area (Å²) in [5.41, 5.74) is -1.08. The Labute approximate surface area is 113 Å². The number of hydrogen-bond donors (Lipinski definition) is 2. The molecule has 1 aliphatic heterocycles. The number of nitrogens with zero attached hydrogens (tertiary/aromatic N) is 1. The van der Waals surface area contributed by atoms with E-state index in [0.717, 1.165) is 25.7 Å². The van der Waals surface area contributed by atoms with Crippen molar-refractivity contribution in [2.75, 3.05) is 20.3 Å². The second-order valence-electron chi connectivity index (χ2n) is 5.51. The maximum Gasteiger partial charge on any atom is 0.329 e. The first kappa shape index (κ1) is 14.1. The number of likely N-dealkylation sites (N-methyl/N-ethyl adjacent to an activating group) is 1. The van der Waals surface area contributed by atoms with Crippen molar-refractivity contribution in [1.82, 2.24) is 10.2 Å². The molecule has 6 nitrogen and oxygen atoms in total. The fourth-order valence-corrected chi connectivity index (χ4v) is 2.83. The van der Waals surface area contributed by atoms with Gasteiger partial charge in [0, 0.05) is 13.7 Å². The zero-order valence-electron chi connectivity index (χ0n) is 11.4. The quantitative estimate of drug-likeness (QED) is 0.807. The average Bonchev–Trinajstić information content (AvgIpc) is 2.92. The molecule has 0 bridgehead atoms. The Balaban J connectivity index is 2.00. The van der Waals surface area contributed by atoms with Crippen molar-refractivity contribution in [2.24, 2.45) is 0 Å². The summed E-state index contributed by atoms with van der Waals surface area (Å²) in [6, 6.07) is -0.255. The zero-order valence-corrected chi connectivity index (χ0v) is 11.4. The Morgan fingerprint density at radius 2 is 2.00 bits per heavy atom. The van der Waals surface area contributed by atoms with E-state index in [1.807, 2.05) is 0 Å². The number of carbonyl (C=O) groups is 2. The molecule has 2 fully saturated rings. The highest BCUT2D eigenvalue weighted by atomic mass is 16.5. The normalized spacial score (nSPS) is 25.8. The highest BCUT2D eigenvalue weighted by molar-refractivity contribution is 5.86. The van der Waals surface area contributed by atoms with Crippen LogP contribution in [0.5, 0.6) is 0 Å². The highest BCUT2D eigenvalue weighted by Gasteiger charge is 2.42. The summed E-state index contributed by atoms with van der Waals surface area (Å²) < 4.78 is 5.25. The summed E-state index contributed by atoms with van der Waals surface area (Å²) in [6.07, 6.45) is 4.58. The van der Waals surface area contributed by atoms with Gasteiger partial charge in [0.2, 0.25) is 0 Å². The number of amides is 2. The summed E-state index contributed by atoms with van der Waals surface area (Å²) in [5, 5.41) is 12.2. The second kappa shape index (κ2) is 5.77. The molecule has 6 heteroatoms. The number of aliphatic carboxylic acids is 1. The van der Waals surface area contributed by atoms with Gasteiger partial charge in [-0.15, -0.1) is 0 Å². The first-order chi connectivity index (χ1) is 9.05. The Hall–Kier alpha value is -1.30. The van der Waals surface area contributed by atoms with Gasteiger partial charge in [0.15, 0.2) is 0 Å². The largest absolute Gasteiger partial charge is 0.480 e. The minimum Gasteiger partial charge on any atom is -0.480 e. The van der Waals surface area contributed by atoms with Gasteiger partial charge in [0.25, 0.3) is 0 Å². The van der Waals surface area contributed by atoms with Crippen LogP contribution in [0.25, 0.3) is 0 Å². The van der Waals surface area contributed by atoms with E-state index in [4.69, 9.17) is 4.74 Å². The molecule has 1 aliphatic carbocycles. The lowest BCUT2D eigenvalue weighted by Gasteiger charge is -2.36. The smallest absolute Gasteiger partial charge is 0.329 e. The Morgan fingerprint density at radius 3 is 2.53 bits per heavy atom. The molecule has 0 spiro atoms. The van der Waals surface area contributed by atoms with Crippen LogP contribution >= 0.6 is 0 Å². The molecule has 2 N–H and O–H groups in total. The molecule has 108 valence electrons. The van der Waals surface area contributed by atoms with Crippen molar-refractivity contribution < 1.29 is 19.4 Å². The van der Waals surface area contributed by atoms with Crippen LogP contribution in [0.1, 0.15) is 38.5 Å². The van der Waals surface area contributed by atoms with Crippen molar-refractivity contribution in [3.8, 4) is 0 Å². The molecule has 2 amide bonds. The van der Waals surface area contributed by atoms with Gasteiger partial charge >= 0.3 is 12.0 Å². The standard InChI is InChI=1S/C13H22N2O4/c1-15(10-5-8-19-9-10)12(18)14-13(11(16)17)6-3-2-4-7-13/h10H,2-9H2,1H3,(H,14,18)(H,16,17). The summed E-state index contributed by atoms with van der Waals surface area (Å²) >= 11 is 0. The van der Waals surface area contributed by atoms with Crippen LogP contribution in [0.2, 0.25) is 0 Å². The molecule has 19 heavy (non-hydrogen) atoms. The van der Waals surface area contributed by atoms with Gasteiger partial charge in [-0.1, -0.05) is 19.3 Å². The SMILES string of the molecule is CN(C(=O)NC1(C(=O)O)CCCCC1)C1CCOC1. The summed E-state index contributed by atoms with van der Waals surface area (Å²) in [6.45, 7) is 1.19. The molecule has 0 radical (unpaired) electrons. The third-order valence-electron chi connectivity index (χ3n) is 4.24. The summed E-state index contributed by atoms with van der Waals surface area (Å²) in [5.74, 6) is -0.920. The van der Waals surface area contributed by atoms with Crippen molar-refractivity contribution in [3.63, 3.8) is 0 Å². The van der Waals surface area contributed by atoms with Crippen LogP contribution in [0.3, 0.4) is 0 Å². The van der Waals surface area contributed by atoms with Crippen LogP contribution in [0.15, 0.2) is 0 Å². The maximum atomic E-state index is 12.2. The van der Waals surface area contributed by atoms with Crippen molar-refractivity contribution in [1.29, 1.82) is 0 Å². The number of urea groups is 1. The van der Waals surface area contributed by atoms with Crippen LogP contribution in [0.4, 0.5) is 4.79 Å². The monoisotopic (exact) mass is 270 g/mol. The third-order valence-corrected chi connectivity index (χ3v) is 4.24. The van der Waals surface area contributed by atoms with Crippen LogP contribution in [-0.4, -0.2) is 53.8 Å². The third kappa shape index (κ3) is 3.00. The maximum absolute atomic E-state index is 12.2. The molecule has 1 unspecified atom stereocenters. The van der Waals surface area contributed by atoms with Crippen molar-refractivity contribution in [2.45, 2.75) is 50.1 Å². The van der Waals surface area contributed by atoms with E-state index in [9.17, 15) is 14.7 Å². The minimum absolute atomic E-state index is 0.0504. The Morgan fingerprint density at radius 1 is 1.32 bits per heavy atom. The fraction of sp³-hybridized carbons (Fsp3) is 0.846. The van der Waals surface area contributed by atoms with E-state index >= 15 is 0 Å². The number of carbonyl (C=O) groups excluding carboxylic acids is 1. The topological polar surface area (TPSA) is 78.9 Å². The molecule has 1 saturated carbocycles. The lowest BCUT2D eigenvalue weighted by molar-refractivity contribution is -0.146. The lowest BCUT2D eigenvalue weighted by atomic mass is 9.82. The molecular weight excluding hydrogens is 248 g/mol. The van der Waals surface area contributed by atoms with E-state index in [1.165, 1.54) is 0 Å². The fourth-order valence-electron chi connectivity index (χ4n) is 2.83. The summed E-state index contributed by atoms with van der Waals surface area (Å²) in [7, 11) is 1.70. The van der Waals surface area contributed by atoms with E-state index in [0.29, 0.717) is 26.1 Å². The minimum atomic E-state index is -1.08. The van der Waals surface area contributed by atoms with Crippen LogP contribution < -0.4 is 5.32 Å². The molecule has 2 rings (SSSR count). The lowest BCUT2D eigenvalue weighted by Crippen LogP contribution is -2.59. The molecule has 0 aromatic rings. The number of rotatable bonds is 3. The molecule has 1 atom stereocenters. The van der Waals surface area contributed by atoms with Crippen molar-refractivity contribution in [3.05, 3.63) is 0 Å². The number of nitrogens with one attached hydrogen (secondary N) is 1. The van der Waals surface area contributed by atoms with Gasteiger partial charge in [-0.05, 0) is 19.3 Å². The first-order valence-corrected chi connectivity index (χ1v) is 6.91. The van der Waals surface area contributed by atoms with E-state index in [1.54, 1.807) is 11.9 Å². The Bertz CT molecular complexity index is 347. The molecule has 1 saturated heterocycles. The second-order valence-corrected chi connectivity index (χ2v) is 5.51. The van der Waals surface area contributed by atoms with Crippen molar-refractivity contribution >= 4 is 12.0 Å². The number of carboxylic acid groups (broad SMARTS) is 1. The molecule has 1 heterocycles. The molecule has 2 aliphatic rings. The number of carboxylic acids is 1. The molecule has 0 aromatic heterocycles. The van der Waals surface area contributed by atoms with Gasteiger partial charge in [0.1, 0.15) is 5.54 Å². The Kier molecular flexibility index (Phi) is 4.29. The number of ether oxygens (including phenoxy) is 1. The summed E-state index contributed by atoms with van der Waals surface area (Å²) in [4.78, 5) is 25.3. The van der Waals surface area contributed by atoms with E-state index in [-0.39, 0.29) is 12.1 Å². The van der Waals surface area contributed by atoms with Crippen LogP contribution in [-0.2, 0) is 9.53 Å². The zero-order chi connectivity index (χ0) is 13.9. The van der Waals surface area contributed by atoms with E-state index in [2.05, 4.69) is 5.32 Å². The molecule has 0 aromatic carbocycles. The first-order valence-electron chi connectivity index (χ1n) is 6.91. The average molecular weight is 270 g/mol. The van der Waals surface area contributed by atoms with Gasteiger partial charge in [-0.3, -0.25) is 0 Å². The highest BCUT2D eigenvalue weighted by Crippen LogP contribution is 2.29. The van der Waals surface area contributed by atoms with Gasteiger partial charge in [0.05, 0.1) is 12.6 Å². The van der Waals surface area contributed by atoms with Gasteiger partial charge in [-0.25, -0.2) is 9.59 Å². The van der Waals surface area contributed by atoms with Gasteiger partial charge in [-0.2, -0.15) is 0 Å². The molecular formula is C13H22N2O4. The predicted octanol–water partition coefficient (Wildman–Crippen LogP) is 1.20. The number of hydrogen-bond acceptors (Lipinski definition) is 3. The van der Waals surface area contributed by atoms with Crippen LogP contribution in [0, 0.1) is 0 Å². The van der Waals surface area contributed by atoms with E-state index < -0.39 is 11.5 Å². The predicted molar refractivity (Wildman–Crippen MR) is 69.0 cm³/mol. The van der Waals surface area contributed by atoms with Gasteiger partial charge < -0.3 is 20.1 Å².